The topological polar surface area (TPSA) is 81.8 Å². The summed E-state index contributed by atoms with van der Waals surface area (Å²) in [5, 5.41) is 4.68. The van der Waals surface area contributed by atoms with Crippen LogP contribution in [-0.2, 0) is 15.8 Å². The van der Waals surface area contributed by atoms with Gasteiger partial charge in [-0.2, -0.15) is 13.2 Å². The molecule has 1 heterocycles. The minimum absolute atomic E-state index is 0.127. The SMILES string of the molecule is O=C(CN1CCN(C(=O)CNC(=O)c2ccccc2F)CC1)Nc1ccccc1C(F)(F)F. The molecular formula is C22H22F4N4O3. The first-order valence-electron chi connectivity index (χ1n) is 10.1. The number of carbonyl (C=O) groups is 3. The van der Waals surface area contributed by atoms with Gasteiger partial charge in [0, 0.05) is 26.2 Å². The first-order valence-corrected chi connectivity index (χ1v) is 10.1. The summed E-state index contributed by atoms with van der Waals surface area (Å²) in [5.74, 6) is -2.34. The maximum atomic E-state index is 13.6. The molecule has 176 valence electrons. The maximum Gasteiger partial charge on any atom is 0.418 e. The van der Waals surface area contributed by atoms with E-state index < -0.39 is 29.4 Å². The zero-order valence-electron chi connectivity index (χ0n) is 17.5. The molecule has 3 amide bonds. The number of amides is 3. The summed E-state index contributed by atoms with van der Waals surface area (Å²) >= 11 is 0. The molecule has 0 saturated carbocycles. The van der Waals surface area contributed by atoms with Crippen LogP contribution in [-0.4, -0.2) is 66.8 Å². The molecule has 11 heteroatoms. The molecule has 1 saturated heterocycles. The van der Waals surface area contributed by atoms with Crippen LogP contribution in [0.5, 0.6) is 0 Å². The van der Waals surface area contributed by atoms with Crippen molar-refractivity contribution in [2.45, 2.75) is 6.18 Å². The highest BCUT2D eigenvalue weighted by atomic mass is 19.4. The quantitative estimate of drug-likeness (QED) is 0.641. The van der Waals surface area contributed by atoms with Crippen LogP contribution in [0.2, 0.25) is 0 Å². The molecule has 0 atom stereocenters. The normalized spacial score (nSPS) is 14.6. The van der Waals surface area contributed by atoms with Gasteiger partial charge in [0.05, 0.1) is 29.9 Å². The predicted molar refractivity (Wildman–Crippen MR) is 112 cm³/mol. The second-order valence-electron chi connectivity index (χ2n) is 7.41. The van der Waals surface area contributed by atoms with E-state index in [4.69, 9.17) is 0 Å². The number of hydrogen-bond donors (Lipinski definition) is 2. The number of anilines is 1. The molecule has 0 spiro atoms. The molecule has 1 fully saturated rings. The predicted octanol–water partition coefficient (Wildman–Crippen LogP) is 2.36. The highest BCUT2D eigenvalue weighted by Gasteiger charge is 2.33. The Bertz CT molecular complexity index is 1020. The Morgan fingerprint density at radius 2 is 1.55 bits per heavy atom. The molecular weight excluding hydrogens is 444 g/mol. The number of carbonyl (C=O) groups excluding carboxylic acids is 3. The lowest BCUT2D eigenvalue weighted by atomic mass is 10.1. The molecule has 0 bridgehead atoms. The van der Waals surface area contributed by atoms with E-state index in [1.54, 1.807) is 4.90 Å². The Morgan fingerprint density at radius 1 is 0.909 bits per heavy atom. The Labute approximate surface area is 187 Å². The molecule has 3 rings (SSSR count). The number of rotatable bonds is 6. The second kappa shape index (κ2) is 10.4. The molecule has 0 unspecified atom stereocenters. The van der Waals surface area contributed by atoms with E-state index in [1.165, 1.54) is 41.3 Å². The fourth-order valence-electron chi connectivity index (χ4n) is 3.40. The number of nitrogens with zero attached hydrogens (tertiary/aromatic N) is 2. The van der Waals surface area contributed by atoms with Gasteiger partial charge in [-0.15, -0.1) is 0 Å². The second-order valence-corrected chi connectivity index (χ2v) is 7.41. The van der Waals surface area contributed by atoms with Crippen molar-refractivity contribution in [3.05, 3.63) is 65.5 Å². The molecule has 2 aromatic carbocycles. The van der Waals surface area contributed by atoms with Gasteiger partial charge in [-0.1, -0.05) is 24.3 Å². The van der Waals surface area contributed by atoms with Gasteiger partial charge < -0.3 is 15.5 Å². The maximum absolute atomic E-state index is 13.6. The Balaban J connectivity index is 1.44. The van der Waals surface area contributed by atoms with E-state index in [2.05, 4.69) is 10.6 Å². The minimum atomic E-state index is -4.59. The van der Waals surface area contributed by atoms with Crippen LogP contribution in [0.15, 0.2) is 48.5 Å². The molecule has 0 aromatic heterocycles. The van der Waals surface area contributed by atoms with Crippen molar-refractivity contribution in [2.75, 3.05) is 44.6 Å². The lowest BCUT2D eigenvalue weighted by Gasteiger charge is -2.34. The van der Waals surface area contributed by atoms with Gasteiger partial charge in [0.25, 0.3) is 5.91 Å². The molecule has 0 aliphatic carbocycles. The van der Waals surface area contributed by atoms with Gasteiger partial charge in [0.15, 0.2) is 0 Å². The van der Waals surface area contributed by atoms with Crippen molar-refractivity contribution in [2.24, 2.45) is 0 Å². The van der Waals surface area contributed by atoms with Crippen molar-refractivity contribution in [3.63, 3.8) is 0 Å². The third-order valence-corrected chi connectivity index (χ3v) is 5.12. The Morgan fingerprint density at radius 3 is 2.21 bits per heavy atom. The number of benzene rings is 2. The van der Waals surface area contributed by atoms with E-state index in [1.807, 2.05) is 0 Å². The van der Waals surface area contributed by atoms with Gasteiger partial charge in [-0.05, 0) is 24.3 Å². The zero-order valence-corrected chi connectivity index (χ0v) is 17.5. The van der Waals surface area contributed by atoms with Crippen LogP contribution < -0.4 is 10.6 Å². The van der Waals surface area contributed by atoms with Crippen molar-refractivity contribution in [3.8, 4) is 0 Å². The first kappa shape index (κ1) is 24.2. The van der Waals surface area contributed by atoms with E-state index in [9.17, 15) is 31.9 Å². The fourth-order valence-corrected chi connectivity index (χ4v) is 3.40. The summed E-state index contributed by atoms with van der Waals surface area (Å²) in [4.78, 5) is 39.8. The molecule has 1 aliphatic rings. The number of hydrogen-bond acceptors (Lipinski definition) is 4. The van der Waals surface area contributed by atoms with Gasteiger partial charge >= 0.3 is 6.18 Å². The zero-order chi connectivity index (χ0) is 24.0. The highest BCUT2D eigenvalue weighted by molar-refractivity contribution is 5.96. The average molecular weight is 466 g/mol. The van der Waals surface area contributed by atoms with E-state index >= 15 is 0 Å². The number of alkyl halides is 3. The Hall–Kier alpha value is -3.47. The highest BCUT2D eigenvalue weighted by Crippen LogP contribution is 2.34. The monoisotopic (exact) mass is 466 g/mol. The number of halogens is 4. The van der Waals surface area contributed by atoms with Gasteiger partial charge in [-0.25, -0.2) is 4.39 Å². The summed E-state index contributed by atoms with van der Waals surface area (Å²) in [6.45, 7) is 0.796. The average Bonchev–Trinajstić information content (AvgIpc) is 2.77. The number of piperazine rings is 1. The molecule has 7 nitrogen and oxygen atoms in total. The molecule has 1 aliphatic heterocycles. The first-order chi connectivity index (χ1) is 15.6. The lowest BCUT2D eigenvalue weighted by molar-refractivity contribution is -0.137. The van der Waals surface area contributed by atoms with E-state index in [0.29, 0.717) is 13.1 Å². The van der Waals surface area contributed by atoms with Crippen LogP contribution in [0.1, 0.15) is 15.9 Å². The standard InChI is InChI=1S/C22H22F4N4O3/c23-17-7-3-1-5-15(17)21(33)27-13-20(32)30-11-9-29(10-12-30)14-19(31)28-18-8-4-2-6-16(18)22(24,25)26/h1-8H,9-14H2,(H,27,33)(H,28,31). The van der Waals surface area contributed by atoms with Gasteiger partial charge in [0.2, 0.25) is 11.8 Å². The minimum Gasteiger partial charge on any atom is -0.343 e. The third-order valence-electron chi connectivity index (χ3n) is 5.12. The largest absolute Gasteiger partial charge is 0.418 e. The molecule has 2 N–H and O–H groups in total. The van der Waals surface area contributed by atoms with Gasteiger partial charge in [-0.3, -0.25) is 19.3 Å². The van der Waals surface area contributed by atoms with Crippen LogP contribution in [0, 0.1) is 5.82 Å². The summed E-state index contributed by atoms with van der Waals surface area (Å²) in [6, 6.07) is 10.1. The van der Waals surface area contributed by atoms with Crippen molar-refractivity contribution in [1.82, 2.24) is 15.1 Å². The van der Waals surface area contributed by atoms with Crippen LogP contribution in [0.4, 0.5) is 23.2 Å². The van der Waals surface area contributed by atoms with E-state index in [0.717, 1.165) is 12.1 Å². The number of para-hydroxylation sites is 1. The summed E-state index contributed by atoms with van der Waals surface area (Å²) < 4.78 is 52.8. The van der Waals surface area contributed by atoms with Crippen LogP contribution >= 0.6 is 0 Å². The lowest BCUT2D eigenvalue weighted by Crippen LogP contribution is -2.52. The number of nitrogens with one attached hydrogen (secondary N) is 2. The van der Waals surface area contributed by atoms with Crippen LogP contribution in [0.25, 0.3) is 0 Å². The summed E-state index contributed by atoms with van der Waals surface area (Å²) in [5.41, 5.74) is -1.39. The van der Waals surface area contributed by atoms with Crippen LogP contribution in [0.3, 0.4) is 0 Å². The van der Waals surface area contributed by atoms with Gasteiger partial charge in [0.1, 0.15) is 5.82 Å². The van der Waals surface area contributed by atoms with E-state index in [-0.39, 0.29) is 43.3 Å². The smallest absolute Gasteiger partial charge is 0.343 e. The summed E-state index contributed by atoms with van der Waals surface area (Å²) in [7, 11) is 0. The third kappa shape index (κ3) is 6.51. The molecule has 33 heavy (non-hydrogen) atoms. The summed E-state index contributed by atoms with van der Waals surface area (Å²) in [6.07, 6.45) is -4.59. The molecule has 2 aromatic rings. The Kier molecular flexibility index (Phi) is 7.64. The van der Waals surface area contributed by atoms with Crippen molar-refractivity contribution < 1.29 is 31.9 Å². The fraction of sp³-hybridized carbons (Fsp3) is 0.318. The van der Waals surface area contributed by atoms with Crippen molar-refractivity contribution >= 4 is 23.4 Å². The van der Waals surface area contributed by atoms with Crippen molar-refractivity contribution in [1.29, 1.82) is 0 Å². The molecule has 0 radical (unpaired) electrons.